The van der Waals surface area contributed by atoms with Crippen molar-refractivity contribution >= 4 is 23.3 Å². The fourth-order valence-corrected chi connectivity index (χ4v) is 4.67. The topological polar surface area (TPSA) is 88.2 Å². The van der Waals surface area contributed by atoms with Crippen LogP contribution in [0.2, 0.25) is 5.02 Å². The molecular formula is C24H31ClFN5O2. The summed E-state index contributed by atoms with van der Waals surface area (Å²) in [6.07, 6.45) is 5.44. The van der Waals surface area contributed by atoms with Crippen molar-refractivity contribution in [1.82, 2.24) is 20.6 Å². The van der Waals surface area contributed by atoms with Crippen LogP contribution in [0.4, 0.5) is 10.2 Å². The zero-order chi connectivity index (χ0) is 23.2. The second kappa shape index (κ2) is 11.2. The molecule has 2 heterocycles. The molecule has 1 unspecified atom stereocenters. The van der Waals surface area contributed by atoms with Crippen molar-refractivity contribution in [1.29, 1.82) is 0 Å². The van der Waals surface area contributed by atoms with E-state index in [4.69, 9.17) is 16.3 Å². The highest BCUT2D eigenvalue weighted by molar-refractivity contribution is 6.30. The number of carbonyl (C=O) groups is 1. The second-order valence-electron chi connectivity index (χ2n) is 8.76. The number of ether oxygens (including phenoxy) is 1. The largest absolute Gasteiger partial charge is 0.381 e. The van der Waals surface area contributed by atoms with E-state index in [1.807, 2.05) is 0 Å². The summed E-state index contributed by atoms with van der Waals surface area (Å²) in [7, 11) is 0. The van der Waals surface area contributed by atoms with Crippen molar-refractivity contribution in [3.63, 3.8) is 0 Å². The maximum absolute atomic E-state index is 14.1. The van der Waals surface area contributed by atoms with Gasteiger partial charge in [0.1, 0.15) is 18.0 Å². The van der Waals surface area contributed by atoms with Gasteiger partial charge in [-0.2, -0.15) is 0 Å². The van der Waals surface area contributed by atoms with E-state index in [1.54, 1.807) is 12.4 Å². The summed E-state index contributed by atoms with van der Waals surface area (Å²) in [5.74, 6) is 0.0734. The Balaban J connectivity index is 1.35. The summed E-state index contributed by atoms with van der Waals surface area (Å²) in [5.41, 5.74) is 2.89. The number of benzene rings is 1. The number of anilines is 1. The van der Waals surface area contributed by atoms with E-state index in [2.05, 4.69) is 32.8 Å². The molecule has 1 aromatic carbocycles. The number of halogens is 2. The highest BCUT2D eigenvalue weighted by Gasteiger charge is 2.25. The predicted molar refractivity (Wildman–Crippen MR) is 126 cm³/mol. The molecule has 0 radical (unpaired) electrons. The Bertz CT molecular complexity index is 970. The lowest BCUT2D eigenvalue weighted by Gasteiger charge is -2.26. The van der Waals surface area contributed by atoms with Crippen LogP contribution in [0.15, 0.2) is 24.5 Å². The molecule has 2 aliphatic rings. The van der Waals surface area contributed by atoms with Crippen LogP contribution in [-0.4, -0.2) is 54.8 Å². The molecule has 0 saturated carbocycles. The lowest BCUT2D eigenvalue weighted by Crippen LogP contribution is -2.42. The van der Waals surface area contributed by atoms with Gasteiger partial charge in [0.05, 0.1) is 10.9 Å². The lowest BCUT2D eigenvalue weighted by molar-refractivity contribution is -0.122. The molecule has 0 bridgehead atoms. The average Bonchev–Trinajstić information content (AvgIpc) is 3.21. The summed E-state index contributed by atoms with van der Waals surface area (Å²) < 4.78 is 19.5. The van der Waals surface area contributed by atoms with Gasteiger partial charge in [0, 0.05) is 50.1 Å². The van der Waals surface area contributed by atoms with Crippen molar-refractivity contribution in [3.8, 4) is 0 Å². The Morgan fingerprint density at radius 2 is 2.06 bits per heavy atom. The van der Waals surface area contributed by atoms with Crippen LogP contribution >= 0.6 is 11.6 Å². The van der Waals surface area contributed by atoms with E-state index in [0.717, 1.165) is 37.2 Å². The third kappa shape index (κ3) is 5.99. The number of rotatable bonds is 9. The summed E-state index contributed by atoms with van der Waals surface area (Å²) in [4.78, 5) is 21.8. The fourth-order valence-electron chi connectivity index (χ4n) is 4.55. The minimum atomic E-state index is -0.525. The van der Waals surface area contributed by atoms with E-state index in [-0.39, 0.29) is 17.0 Å². The maximum atomic E-state index is 14.1. The van der Waals surface area contributed by atoms with E-state index in [0.29, 0.717) is 44.3 Å². The molecule has 1 aliphatic carbocycles. The summed E-state index contributed by atoms with van der Waals surface area (Å²) >= 11 is 5.85. The van der Waals surface area contributed by atoms with Gasteiger partial charge in [-0.1, -0.05) is 24.6 Å². The van der Waals surface area contributed by atoms with Crippen molar-refractivity contribution in [3.05, 3.63) is 52.2 Å². The van der Waals surface area contributed by atoms with Gasteiger partial charge >= 0.3 is 0 Å². The van der Waals surface area contributed by atoms with Gasteiger partial charge in [0.15, 0.2) is 0 Å². The highest BCUT2D eigenvalue weighted by atomic mass is 35.5. The van der Waals surface area contributed by atoms with Gasteiger partial charge in [-0.15, -0.1) is 0 Å². The quantitative estimate of drug-likeness (QED) is 0.482. The fraction of sp³-hybridized carbons (Fsp3) is 0.542. The number of amides is 1. The Hall–Kier alpha value is -2.29. The normalized spacial score (nSPS) is 19.2. The van der Waals surface area contributed by atoms with Crippen LogP contribution in [0.3, 0.4) is 0 Å². The van der Waals surface area contributed by atoms with Gasteiger partial charge in [-0.25, -0.2) is 14.4 Å². The smallest absolute Gasteiger partial charge is 0.228 e. The van der Waals surface area contributed by atoms with Crippen molar-refractivity contribution in [2.45, 2.75) is 50.5 Å². The van der Waals surface area contributed by atoms with E-state index < -0.39 is 11.7 Å². The van der Waals surface area contributed by atoms with Crippen LogP contribution in [0.5, 0.6) is 0 Å². The van der Waals surface area contributed by atoms with Crippen molar-refractivity contribution in [2.75, 3.05) is 38.2 Å². The molecule has 9 heteroatoms. The van der Waals surface area contributed by atoms with E-state index in [9.17, 15) is 9.18 Å². The molecule has 178 valence electrons. The van der Waals surface area contributed by atoms with Crippen LogP contribution < -0.4 is 16.0 Å². The van der Waals surface area contributed by atoms with Gasteiger partial charge in [-0.3, -0.25) is 4.79 Å². The first kappa shape index (κ1) is 23.9. The van der Waals surface area contributed by atoms with E-state index in [1.165, 1.54) is 17.7 Å². The van der Waals surface area contributed by atoms with Crippen molar-refractivity contribution in [2.24, 2.45) is 0 Å². The molecule has 1 aromatic heterocycles. The third-order valence-electron chi connectivity index (χ3n) is 6.48. The first-order valence-corrected chi connectivity index (χ1v) is 12.0. The zero-order valence-electron chi connectivity index (χ0n) is 18.9. The van der Waals surface area contributed by atoms with Gasteiger partial charge in [-0.05, 0) is 49.3 Å². The number of aryl methyl sites for hydroxylation is 1. The van der Waals surface area contributed by atoms with Gasteiger partial charge in [0.25, 0.3) is 0 Å². The summed E-state index contributed by atoms with van der Waals surface area (Å²) in [6, 6.07) is 4.85. The van der Waals surface area contributed by atoms with Crippen LogP contribution in [-0.2, 0) is 16.0 Å². The van der Waals surface area contributed by atoms with Gasteiger partial charge < -0.3 is 20.7 Å². The lowest BCUT2D eigenvalue weighted by atomic mass is 9.96. The molecule has 3 N–H and O–H groups in total. The molecule has 1 fully saturated rings. The first-order valence-electron chi connectivity index (χ1n) is 11.6. The van der Waals surface area contributed by atoms with Gasteiger partial charge in [0.2, 0.25) is 5.91 Å². The monoisotopic (exact) mass is 475 g/mol. The molecule has 7 nitrogen and oxygen atoms in total. The Morgan fingerprint density at radius 1 is 1.24 bits per heavy atom. The minimum absolute atomic E-state index is 0.0473. The number of carbonyl (C=O) groups excluding carboxylic acids is 1. The molecule has 4 rings (SSSR count). The minimum Gasteiger partial charge on any atom is -0.381 e. The standard InChI is InChI=1S/C24H31ClFN5O2/c1-15-2-5-21-22(15)23(31-14-30-21)27-8-9-28-24(32)18(13-29-17-6-10-33-11-7-17)16-3-4-19(25)20(26)12-16/h3-4,12,14-15,17-18,29H,2,5-11,13H2,1H3,(H,28,32)(H,27,30,31)/t15?,18-/m1/s1. The molecular weight excluding hydrogens is 445 g/mol. The number of nitrogens with zero attached hydrogens (tertiary/aromatic N) is 2. The summed E-state index contributed by atoms with van der Waals surface area (Å²) in [5, 5.41) is 9.83. The molecule has 33 heavy (non-hydrogen) atoms. The van der Waals surface area contributed by atoms with Crippen molar-refractivity contribution < 1.29 is 13.9 Å². The molecule has 0 spiro atoms. The zero-order valence-corrected chi connectivity index (χ0v) is 19.6. The van der Waals surface area contributed by atoms with E-state index >= 15 is 0 Å². The first-order chi connectivity index (χ1) is 16.0. The maximum Gasteiger partial charge on any atom is 0.228 e. The Labute approximate surface area is 198 Å². The third-order valence-corrected chi connectivity index (χ3v) is 6.79. The predicted octanol–water partition coefficient (Wildman–Crippen LogP) is 3.40. The second-order valence-corrected chi connectivity index (χ2v) is 9.17. The average molecular weight is 476 g/mol. The molecule has 1 aliphatic heterocycles. The molecule has 2 atom stereocenters. The van der Waals surface area contributed by atoms with Crippen LogP contribution in [0.25, 0.3) is 0 Å². The SMILES string of the molecule is CC1CCc2ncnc(NCCNC(=O)[C@H](CNC3CCOCC3)c3ccc(Cl)c(F)c3)c21. The molecule has 1 amide bonds. The number of hydrogen-bond donors (Lipinski definition) is 3. The van der Waals surface area contributed by atoms with Crippen LogP contribution in [0, 0.1) is 5.82 Å². The molecule has 1 saturated heterocycles. The number of nitrogens with one attached hydrogen (secondary N) is 3. The number of aromatic nitrogens is 2. The highest BCUT2D eigenvalue weighted by Crippen LogP contribution is 2.35. The van der Waals surface area contributed by atoms with Crippen LogP contribution in [0.1, 0.15) is 54.8 Å². The Kier molecular flexibility index (Phi) is 8.11. The summed E-state index contributed by atoms with van der Waals surface area (Å²) in [6.45, 7) is 4.99. The number of hydrogen-bond acceptors (Lipinski definition) is 6. The Morgan fingerprint density at radius 3 is 2.85 bits per heavy atom. The number of fused-ring (bicyclic) bond motifs is 1. The molecule has 2 aromatic rings.